The van der Waals surface area contributed by atoms with E-state index in [4.69, 9.17) is 0 Å². The molecule has 0 radical (unpaired) electrons. The van der Waals surface area contributed by atoms with Crippen molar-refractivity contribution < 1.29 is 5.11 Å². The Morgan fingerprint density at radius 2 is 1.55 bits per heavy atom. The molecule has 0 aliphatic heterocycles. The van der Waals surface area contributed by atoms with Crippen molar-refractivity contribution in [2.75, 3.05) is 0 Å². The van der Waals surface area contributed by atoms with Gasteiger partial charge in [0.1, 0.15) is 0 Å². The molecule has 62 valence electrons. The summed E-state index contributed by atoms with van der Waals surface area (Å²) < 4.78 is 0. The number of rotatable bonds is 0. The van der Waals surface area contributed by atoms with Gasteiger partial charge in [-0.15, -0.1) is 0 Å². The zero-order chi connectivity index (χ0) is 7.42. The highest BCUT2D eigenvalue weighted by molar-refractivity contribution is 5.06. The molecule has 1 N–H and O–H groups in total. The third-order valence-corrected chi connectivity index (χ3v) is 4.40. The van der Waals surface area contributed by atoms with Gasteiger partial charge >= 0.3 is 0 Å². The fourth-order valence-corrected chi connectivity index (χ4v) is 4.02. The lowest BCUT2D eigenvalue weighted by molar-refractivity contribution is -0.0358. The van der Waals surface area contributed by atoms with Crippen LogP contribution in [0.3, 0.4) is 0 Å². The minimum atomic E-state index is 0.0827. The van der Waals surface area contributed by atoms with Gasteiger partial charge < -0.3 is 5.11 Å². The van der Waals surface area contributed by atoms with Crippen molar-refractivity contribution in [2.24, 2.45) is 23.7 Å². The molecule has 0 saturated heterocycles. The second-order valence-electron chi connectivity index (χ2n) is 4.64. The van der Waals surface area contributed by atoms with Crippen LogP contribution in [0.25, 0.3) is 0 Å². The van der Waals surface area contributed by atoms with E-state index in [9.17, 15) is 5.11 Å². The summed E-state index contributed by atoms with van der Waals surface area (Å²) in [7, 11) is 0. The van der Waals surface area contributed by atoms with Crippen molar-refractivity contribution in [3.63, 3.8) is 0 Å². The Labute approximate surface area is 67.8 Å². The quantitative estimate of drug-likeness (QED) is 0.561. The lowest BCUT2D eigenvalue weighted by atomic mass is 9.59. The van der Waals surface area contributed by atoms with Crippen LogP contribution < -0.4 is 0 Å². The van der Waals surface area contributed by atoms with E-state index in [1.165, 1.54) is 25.7 Å². The number of hydrogen-bond donors (Lipinski definition) is 1. The molecule has 3 rings (SSSR count). The molecule has 0 heterocycles. The second-order valence-corrected chi connectivity index (χ2v) is 4.64. The molecule has 0 spiro atoms. The Bertz CT molecular complexity index is 172. The third kappa shape index (κ3) is 0.658. The minimum Gasteiger partial charge on any atom is -0.393 e. The summed E-state index contributed by atoms with van der Waals surface area (Å²) in [6.45, 7) is 0. The van der Waals surface area contributed by atoms with Crippen molar-refractivity contribution in [1.82, 2.24) is 0 Å². The van der Waals surface area contributed by atoms with Crippen molar-refractivity contribution >= 4 is 0 Å². The van der Waals surface area contributed by atoms with E-state index in [0.29, 0.717) is 0 Å². The maximum atomic E-state index is 9.67. The van der Waals surface area contributed by atoms with Crippen LogP contribution in [0.1, 0.15) is 32.1 Å². The van der Waals surface area contributed by atoms with Gasteiger partial charge in [0, 0.05) is 0 Å². The normalized spacial score (nSPS) is 60.3. The Hall–Kier alpha value is -0.0400. The highest BCUT2D eigenvalue weighted by atomic mass is 16.3. The van der Waals surface area contributed by atoms with Gasteiger partial charge in [-0.1, -0.05) is 6.42 Å². The van der Waals surface area contributed by atoms with Crippen LogP contribution >= 0.6 is 0 Å². The molecule has 0 unspecified atom stereocenters. The van der Waals surface area contributed by atoms with Gasteiger partial charge in [-0.05, 0) is 49.4 Å². The number of hydrogen-bond acceptors (Lipinski definition) is 1. The molecule has 0 aromatic rings. The molecule has 3 fully saturated rings. The zero-order valence-electron chi connectivity index (χ0n) is 6.87. The zero-order valence-corrected chi connectivity index (χ0v) is 6.87. The summed E-state index contributed by atoms with van der Waals surface area (Å²) >= 11 is 0. The molecular weight excluding hydrogens is 136 g/mol. The molecule has 3 saturated carbocycles. The van der Waals surface area contributed by atoms with Gasteiger partial charge in [0.2, 0.25) is 0 Å². The molecule has 3 aliphatic carbocycles. The molecule has 1 heteroatoms. The fraction of sp³-hybridized carbons (Fsp3) is 1.00. The topological polar surface area (TPSA) is 20.2 Å². The largest absolute Gasteiger partial charge is 0.393 e. The number of fused-ring (bicyclic) bond motifs is 4. The van der Waals surface area contributed by atoms with E-state index in [0.717, 1.165) is 30.1 Å². The molecule has 0 aromatic carbocycles. The predicted octanol–water partition coefficient (Wildman–Crippen LogP) is 1.80. The smallest absolute Gasteiger partial charge is 0.0574 e. The van der Waals surface area contributed by atoms with Crippen LogP contribution in [0.4, 0.5) is 0 Å². The fourth-order valence-electron chi connectivity index (χ4n) is 4.02. The summed E-state index contributed by atoms with van der Waals surface area (Å²) in [6.07, 6.45) is 6.84. The Morgan fingerprint density at radius 1 is 0.818 bits per heavy atom. The molecule has 0 bridgehead atoms. The van der Waals surface area contributed by atoms with E-state index in [-0.39, 0.29) is 6.10 Å². The van der Waals surface area contributed by atoms with E-state index < -0.39 is 0 Å². The van der Waals surface area contributed by atoms with Gasteiger partial charge in [0.05, 0.1) is 6.10 Å². The van der Waals surface area contributed by atoms with E-state index in [2.05, 4.69) is 0 Å². The number of aliphatic hydroxyl groups excluding tert-OH is 1. The van der Waals surface area contributed by atoms with Crippen LogP contribution in [0.2, 0.25) is 0 Å². The van der Waals surface area contributed by atoms with Crippen LogP contribution in [0.5, 0.6) is 0 Å². The molecule has 11 heavy (non-hydrogen) atoms. The van der Waals surface area contributed by atoms with Crippen LogP contribution in [-0.2, 0) is 0 Å². The SMILES string of the molecule is O[C@H]1CC[C@@H]2[C@H]3CCC[C@H]3[C@H]21. The lowest BCUT2D eigenvalue weighted by Crippen LogP contribution is -2.44. The van der Waals surface area contributed by atoms with Crippen molar-refractivity contribution in [3.05, 3.63) is 0 Å². The Kier molecular flexibility index (Phi) is 1.18. The summed E-state index contributed by atoms with van der Waals surface area (Å²) in [5.41, 5.74) is 0. The first-order valence-electron chi connectivity index (χ1n) is 5.06. The maximum Gasteiger partial charge on any atom is 0.0574 e. The number of aliphatic hydroxyl groups is 1. The van der Waals surface area contributed by atoms with Gasteiger partial charge in [-0.2, -0.15) is 0 Å². The van der Waals surface area contributed by atoms with Gasteiger partial charge in [0.25, 0.3) is 0 Å². The highest BCUT2D eigenvalue weighted by Gasteiger charge is 2.57. The minimum absolute atomic E-state index is 0.0827. The van der Waals surface area contributed by atoms with Crippen LogP contribution in [-0.4, -0.2) is 11.2 Å². The van der Waals surface area contributed by atoms with Gasteiger partial charge in [0.15, 0.2) is 0 Å². The molecule has 0 aromatic heterocycles. The average molecular weight is 152 g/mol. The standard InChI is InChI=1S/C10H16O/c11-9-5-4-8-6-2-1-3-7(6)10(8)9/h6-11H,1-5H2/t6-,7+,8+,9-,10+/m0/s1. The summed E-state index contributed by atoms with van der Waals surface area (Å²) in [4.78, 5) is 0. The van der Waals surface area contributed by atoms with E-state index in [1.54, 1.807) is 0 Å². The predicted molar refractivity (Wildman–Crippen MR) is 43.1 cm³/mol. The Balaban J connectivity index is 1.84. The first kappa shape index (κ1) is 6.47. The molecular formula is C10H16O. The van der Waals surface area contributed by atoms with Crippen molar-refractivity contribution in [1.29, 1.82) is 0 Å². The highest BCUT2D eigenvalue weighted by Crippen LogP contribution is 2.61. The summed E-state index contributed by atoms with van der Waals surface area (Å²) in [5.74, 6) is 3.66. The lowest BCUT2D eigenvalue weighted by Gasteiger charge is -2.46. The van der Waals surface area contributed by atoms with E-state index in [1.807, 2.05) is 0 Å². The summed E-state index contributed by atoms with van der Waals surface area (Å²) in [6, 6.07) is 0. The van der Waals surface area contributed by atoms with Crippen LogP contribution in [0, 0.1) is 23.7 Å². The van der Waals surface area contributed by atoms with E-state index >= 15 is 0 Å². The molecule has 5 atom stereocenters. The first-order valence-corrected chi connectivity index (χ1v) is 5.06. The third-order valence-electron chi connectivity index (χ3n) is 4.40. The summed E-state index contributed by atoms with van der Waals surface area (Å²) in [5, 5.41) is 9.67. The van der Waals surface area contributed by atoms with Crippen molar-refractivity contribution in [2.45, 2.75) is 38.2 Å². The Morgan fingerprint density at radius 3 is 2.45 bits per heavy atom. The maximum absolute atomic E-state index is 9.67. The van der Waals surface area contributed by atoms with Crippen LogP contribution in [0.15, 0.2) is 0 Å². The monoisotopic (exact) mass is 152 g/mol. The molecule has 3 aliphatic rings. The van der Waals surface area contributed by atoms with Crippen molar-refractivity contribution in [3.8, 4) is 0 Å². The molecule has 0 amide bonds. The second kappa shape index (κ2) is 2.01. The van der Waals surface area contributed by atoms with Gasteiger partial charge in [-0.25, -0.2) is 0 Å². The first-order chi connectivity index (χ1) is 5.38. The van der Waals surface area contributed by atoms with Gasteiger partial charge in [-0.3, -0.25) is 0 Å². The average Bonchev–Trinajstić information content (AvgIpc) is 2.43. The molecule has 1 nitrogen and oxygen atoms in total.